The van der Waals surface area contributed by atoms with Crippen molar-refractivity contribution in [2.45, 2.75) is 44.2 Å². The number of nitrogens with one attached hydrogen (secondary N) is 1. The molecule has 20 heavy (non-hydrogen) atoms. The second-order valence-corrected chi connectivity index (χ2v) is 5.70. The van der Waals surface area contributed by atoms with Crippen molar-refractivity contribution in [2.24, 2.45) is 11.7 Å². The lowest BCUT2D eigenvalue weighted by Gasteiger charge is -2.30. The fourth-order valence-electron chi connectivity index (χ4n) is 3.35. The average Bonchev–Trinajstić information content (AvgIpc) is 2.95. The molecule has 0 amide bonds. The van der Waals surface area contributed by atoms with Crippen molar-refractivity contribution in [3.05, 3.63) is 36.0 Å². The molecule has 0 radical (unpaired) electrons. The molecule has 2 atom stereocenters. The van der Waals surface area contributed by atoms with E-state index in [9.17, 15) is 5.11 Å². The van der Waals surface area contributed by atoms with E-state index in [1.165, 1.54) is 19.3 Å². The molecule has 0 unspecified atom stereocenters. The maximum Gasteiger partial charge on any atom is 0.0761 e. The van der Waals surface area contributed by atoms with Gasteiger partial charge in [-0.25, -0.2) is 0 Å². The Bertz CT molecular complexity index is 548. The number of rotatable bonds is 3. The van der Waals surface area contributed by atoms with E-state index in [-0.39, 0.29) is 18.4 Å². The maximum atomic E-state index is 10.6. The standard InChI is InChI=1S/C16H22N2O.ClH/c17-15(16(19)11-5-2-1-3-6-11)13-7-4-8-14-12(13)9-10-18-14;/h4,7-11,15-16,18-19H,1-3,5-6,17H2;1H/t15-,16+;/m0./s1. The van der Waals surface area contributed by atoms with Crippen LogP contribution in [0.3, 0.4) is 0 Å². The first-order valence-corrected chi connectivity index (χ1v) is 7.27. The molecule has 4 N–H and O–H groups in total. The van der Waals surface area contributed by atoms with Crippen LogP contribution in [0.4, 0.5) is 0 Å². The summed E-state index contributed by atoms with van der Waals surface area (Å²) in [5.74, 6) is 0.359. The topological polar surface area (TPSA) is 62.0 Å². The second-order valence-electron chi connectivity index (χ2n) is 5.70. The van der Waals surface area contributed by atoms with Crippen LogP contribution in [0.2, 0.25) is 0 Å². The number of fused-ring (bicyclic) bond motifs is 1. The highest BCUT2D eigenvalue weighted by molar-refractivity contribution is 5.85. The molecule has 2 aromatic rings. The monoisotopic (exact) mass is 294 g/mol. The summed E-state index contributed by atoms with van der Waals surface area (Å²) in [5, 5.41) is 11.7. The largest absolute Gasteiger partial charge is 0.391 e. The van der Waals surface area contributed by atoms with Crippen LogP contribution < -0.4 is 5.73 Å². The third kappa shape index (κ3) is 2.85. The number of halogens is 1. The SMILES string of the molecule is Cl.N[C@@H](c1cccc2[nH]ccc12)[C@H](O)C1CCCCC1. The quantitative estimate of drug-likeness (QED) is 0.811. The average molecular weight is 295 g/mol. The molecule has 4 heteroatoms. The lowest BCUT2D eigenvalue weighted by molar-refractivity contribution is 0.0622. The van der Waals surface area contributed by atoms with Crippen molar-refractivity contribution in [2.75, 3.05) is 0 Å². The van der Waals surface area contributed by atoms with Gasteiger partial charge < -0.3 is 15.8 Å². The molecule has 1 heterocycles. The molecule has 1 saturated carbocycles. The molecule has 1 aromatic carbocycles. The van der Waals surface area contributed by atoms with E-state index in [0.717, 1.165) is 29.3 Å². The van der Waals surface area contributed by atoms with Crippen molar-refractivity contribution in [1.29, 1.82) is 0 Å². The third-order valence-corrected chi connectivity index (χ3v) is 4.49. The summed E-state index contributed by atoms with van der Waals surface area (Å²) in [6, 6.07) is 7.83. The first-order chi connectivity index (χ1) is 9.27. The molecule has 3 rings (SSSR count). The minimum Gasteiger partial charge on any atom is -0.391 e. The van der Waals surface area contributed by atoms with Gasteiger partial charge in [-0.05, 0) is 36.5 Å². The highest BCUT2D eigenvalue weighted by Crippen LogP contribution is 2.33. The lowest BCUT2D eigenvalue weighted by atomic mass is 9.81. The minimum atomic E-state index is -0.430. The van der Waals surface area contributed by atoms with Gasteiger partial charge in [-0.1, -0.05) is 31.4 Å². The summed E-state index contributed by atoms with van der Waals surface area (Å²) in [6.07, 6.45) is 7.46. The summed E-state index contributed by atoms with van der Waals surface area (Å²) in [7, 11) is 0. The fourth-order valence-corrected chi connectivity index (χ4v) is 3.35. The zero-order valence-corrected chi connectivity index (χ0v) is 12.4. The first kappa shape index (κ1) is 15.4. The van der Waals surface area contributed by atoms with E-state index in [0.29, 0.717) is 5.92 Å². The molecule has 0 spiro atoms. The molecule has 1 fully saturated rings. The van der Waals surface area contributed by atoms with Crippen LogP contribution >= 0.6 is 12.4 Å². The van der Waals surface area contributed by atoms with E-state index in [4.69, 9.17) is 5.73 Å². The zero-order chi connectivity index (χ0) is 13.2. The Labute approximate surface area is 126 Å². The van der Waals surface area contributed by atoms with Crippen molar-refractivity contribution in [1.82, 2.24) is 4.98 Å². The van der Waals surface area contributed by atoms with Gasteiger partial charge in [0.2, 0.25) is 0 Å². The van der Waals surface area contributed by atoms with Gasteiger partial charge in [0.15, 0.2) is 0 Å². The van der Waals surface area contributed by atoms with E-state index in [1.807, 2.05) is 30.5 Å². The van der Waals surface area contributed by atoms with Crippen LogP contribution in [0.15, 0.2) is 30.5 Å². The van der Waals surface area contributed by atoms with E-state index < -0.39 is 6.10 Å². The van der Waals surface area contributed by atoms with Crippen LogP contribution in [0, 0.1) is 5.92 Å². The van der Waals surface area contributed by atoms with Crippen molar-refractivity contribution >= 4 is 23.3 Å². The summed E-state index contributed by atoms with van der Waals surface area (Å²) in [6.45, 7) is 0. The van der Waals surface area contributed by atoms with Gasteiger partial charge in [-0.3, -0.25) is 0 Å². The van der Waals surface area contributed by atoms with Gasteiger partial charge in [0.25, 0.3) is 0 Å². The van der Waals surface area contributed by atoms with Gasteiger partial charge in [0, 0.05) is 17.1 Å². The molecule has 1 aliphatic carbocycles. The first-order valence-electron chi connectivity index (χ1n) is 7.27. The van der Waals surface area contributed by atoms with Gasteiger partial charge in [-0.2, -0.15) is 0 Å². The predicted octanol–water partition coefficient (Wildman–Crippen LogP) is 3.53. The van der Waals surface area contributed by atoms with Crippen molar-refractivity contribution in [3.63, 3.8) is 0 Å². The van der Waals surface area contributed by atoms with E-state index in [2.05, 4.69) is 4.98 Å². The fraction of sp³-hybridized carbons (Fsp3) is 0.500. The van der Waals surface area contributed by atoms with E-state index >= 15 is 0 Å². The summed E-state index contributed by atoms with van der Waals surface area (Å²) in [4.78, 5) is 3.20. The number of aliphatic hydroxyl groups excluding tert-OH is 1. The Kier molecular flexibility index (Phi) is 5.08. The van der Waals surface area contributed by atoms with Crippen molar-refractivity contribution < 1.29 is 5.11 Å². The number of aliphatic hydroxyl groups is 1. The Morgan fingerprint density at radius 1 is 1.15 bits per heavy atom. The Morgan fingerprint density at radius 3 is 2.65 bits per heavy atom. The molecule has 1 aromatic heterocycles. The molecule has 0 saturated heterocycles. The van der Waals surface area contributed by atoms with Gasteiger partial charge in [0.05, 0.1) is 12.1 Å². The number of H-pyrrole nitrogens is 1. The van der Waals surface area contributed by atoms with Gasteiger partial charge in [-0.15, -0.1) is 12.4 Å². The second kappa shape index (κ2) is 6.61. The smallest absolute Gasteiger partial charge is 0.0761 e. The Hall–Kier alpha value is -1.03. The molecular weight excluding hydrogens is 272 g/mol. The summed E-state index contributed by atoms with van der Waals surface area (Å²) < 4.78 is 0. The third-order valence-electron chi connectivity index (χ3n) is 4.49. The Balaban J connectivity index is 0.00000147. The highest BCUT2D eigenvalue weighted by atomic mass is 35.5. The highest BCUT2D eigenvalue weighted by Gasteiger charge is 2.28. The summed E-state index contributed by atoms with van der Waals surface area (Å²) in [5.41, 5.74) is 8.47. The van der Waals surface area contributed by atoms with Gasteiger partial charge in [0.1, 0.15) is 0 Å². The normalized spacial score (nSPS) is 19.5. The van der Waals surface area contributed by atoms with E-state index in [1.54, 1.807) is 0 Å². The number of nitrogens with two attached hydrogens (primary N) is 1. The van der Waals surface area contributed by atoms with Gasteiger partial charge >= 0.3 is 0 Å². The number of benzene rings is 1. The van der Waals surface area contributed by atoms with Crippen LogP contribution in [-0.4, -0.2) is 16.2 Å². The number of aromatic nitrogens is 1. The zero-order valence-electron chi connectivity index (χ0n) is 11.6. The molecule has 110 valence electrons. The van der Waals surface area contributed by atoms with Crippen LogP contribution in [0.5, 0.6) is 0 Å². The number of aromatic amines is 1. The molecule has 1 aliphatic rings. The minimum absolute atomic E-state index is 0. The predicted molar refractivity (Wildman–Crippen MR) is 85.1 cm³/mol. The molecule has 0 bridgehead atoms. The number of hydrogen-bond acceptors (Lipinski definition) is 2. The van der Waals surface area contributed by atoms with Crippen LogP contribution in [-0.2, 0) is 0 Å². The number of hydrogen-bond donors (Lipinski definition) is 3. The van der Waals surface area contributed by atoms with Crippen LogP contribution in [0.25, 0.3) is 10.9 Å². The summed E-state index contributed by atoms with van der Waals surface area (Å²) >= 11 is 0. The molecular formula is C16H23ClN2O. The molecule has 3 nitrogen and oxygen atoms in total. The lowest BCUT2D eigenvalue weighted by Crippen LogP contribution is -2.34. The van der Waals surface area contributed by atoms with Crippen molar-refractivity contribution in [3.8, 4) is 0 Å². The van der Waals surface area contributed by atoms with Crippen LogP contribution in [0.1, 0.15) is 43.7 Å². The Morgan fingerprint density at radius 2 is 1.90 bits per heavy atom. The maximum absolute atomic E-state index is 10.6. The molecule has 0 aliphatic heterocycles.